The number of anilines is 2. The first kappa shape index (κ1) is 13.4. The lowest BCUT2D eigenvalue weighted by molar-refractivity contribution is 0.0593. The molecule has 0 amide bonds. The number of aromatic nitrogens is 2. The molecular formula is C13H13N3O2S. The molecule has 0 unspecified atom stereocenters. The summed E-state index contributed by atoms with van der Waals surface area (Å²) in [6, 6.07) is 7.84. The Kier molecular flexibility index (Phi) is 4.35. The van der Waals surface area contributed by atoms with E-state index >= 15 is 0 Å². The Morgan fingerprint density at radius 3 is 2.84 bits per heavy atom. The highest BCUT2D eigenvalue weighted by Gasteiger charge is 2.09. The maximum atomic E-state index is 11.4. The molecule has 0 saturated heterocycles. The van der Waals surface area contributed by atoms with Crippen LogP contribution in [0, 0.1) is 0 Å². The van der Waals surface area contributed by atoms with Gasteiger partial charge < -0.3 is 10.1 Å². The van der Waals surface area contributed by atoms with Crippen LogP contribution in [0.2, 0.25) is 0 Å². The number of rotatable bonds is 4. The fraction of sp³-hybridized carbons (Fsp3) is 0.154. The Morgan fingerprint density at radius 1 is 1.32 bits per heavy atom. The van der Waals surface area contributed by atoms with E-state index < -0.39 is 5.97 Å². The first-order valence-electron chi connectivity index (χ1n) is 5.55. The molecule has 19 heavy (non-hydrogen) atoms. The molecule has 0 aliphatic heterocycles. The zero-order chi connectivity index (χ0) is 13.7. The Hall–Kier alpha value is -2.08. The molecule has 1 aromatic heterocycles. The Labute approximate surface area is 115 Å². The zero-order valence-corrected chi connectivity index (χ0v) is 11.4. The third kappa shape index (κ3) is 3.23. The van der Waals surface area contributed by atoms with Gasteiger partial charge in [-0.1, -0.05) is 12.1 Å². The molecule has 2 aromatic rings. The molecule has 0 fully saturated rings. The molecule has 0 aliphatic rings. The van der Waals surface area contributed by atoms with Gasteiger partial charge in [-0.25, -0.2) is 9.78 Å². The van der Waals surface area contributed by atoms with E-state index in [4.69, 9.17) is 0 Å². The van der Waals surface area contributed by atoms with Crippen LogP contribution in [-0.2, 0) is 4.74 Å². The van der Waals surface area contributed by atoms with E-state index in [1.54, 1.807) is 18.0 Å². The summed E-state index contributed by atoms with van der Waals surface area (Å²) in [5.74, 6) is -0.00120. The summed E-state index contributed by atoms with van der Waals surface area (Å²) in [6.07, 6.45) is 4.93. The van der Waals surface area contributed by atoms with E-state index in [1.807, 2.05) is 30.5 Å². The van der Waals surface area contributed by atoms with E-state index in [0.717, 1.165) is 10.6 Å². The highest BCUT2D eigenvalue weighted by Crippen LogP contribution is 2.26. The van der Waals surface area contributed by atoms with Gasteiger partial charge in [0, 0.05) is 4.90 Å². The van der Waals surface area contributed by atoms with Crippen LogP contribution in [0.1, 0.15) is 10.5 Å². The molecule has 0 atom stereocenters. The van der Waals surface area contributed by atoms with Crippen LogP contribution in [0.4, 0.5) is 11.5 Å². The van der Waals surface area contributed by atoms with E-state index in [2.05, 4.69) is 20.0 Å². The minimum Gasteiger partial charge on any atom is -0.464 e. The largest absolute Gasteiger partial charge is 0.464 e. The van der Waals surface area contributed by atoms with Crippen molar-refractivity contribution in [2.75, 3.05) is 18.7 Å². The lowest BCUT2D eigenvalue weighted by Crippen LogP contribution is -2.06. The summed E-state index contributed by atoms with van der Waals surface area (Å²) >= 11 is 1.63. The predicted molar refractivity (Wildman–Crippen MR) is 74.9 cm³/mol. The van der Waals surface area contributed by atoms with E-state index in [-0.39, 0.29) is 5.69 Å². The van der Waals surface area contributed by atoms with Crippen molar-refractivity contribution >= 4 is 29.2 Å². The van der Waals surface area contributed by atoms with Gasteiger partial charge >= 0.3 is 5.97 Å². The second-order valence-corrected chi connectivity index (χ2v) is 4.45. The maximum Gasteiger partial charge on any atom is 0.358 e. The van der Waals surface area contributed by atoms with E-state index in [0.29, 0.717) is 5.82 Å². The lowest BCUT2D eigenvalue weighted by atomic mass is 10.3. The SMILES string of the molecule is COC(=O)c1cncc(Nc2ccccc2SC)n1. The summed E-state index contributed by atoms with van der Waals surface area (Å²) in [4.78, 5) is 20.6. The molecule has 2 rings (SSSR count). The van der Waals surface area contributed by atoms with Crippen LogP contribution < -0.4 is 5.32 Å². The highest BCUT2D eigenvalue weighted by molar-refractivity contribution is 7.98. The van der Waals surface area contributed by atoms with Gasteiger partial charge in [-0.3, -0.25) is 4.98 Å². The van der Waals surface area contributed by atoms with Crippen molar-refractivity contribution in [2.24, 2.45) is 0 Å². The Bertz CT molecular complexity index is 590. The molecule has 1 heterocycles. The van der Waals surface area contributed by atoms with Crippen molar-refractivity contribution in [3.63, 3.8) is 0 Å². The number of hydrogen-bond donors (Lipinski definition) is 1. The van der Waals surface area contributed by atoms with Gasteiger partial charge in [-0.05, 0) is 18.4 Å². The van der Waals surface area contributed by atoms with Crippen molar-refractivity contribution in [1.29, 1.82) is 0 Å². The van der Waals surface area contributed by atoms with Gasteiger partial charge in [0.25, 0.3) is 0 Å². The van der Waals surface area contributed by atoms with Crippen LogP contribution in [0.15, 0.2) is 41.6 Å². The molecule has 0 bridgehead atoms. The minimum atomic E-state index is -0.505. The average molecular weight is 275 g/mol. The molecule has 0 spiro atoms. The number of ether oxygens (including phenoxy) is 1. The van der Waals surface area contributed by atoms with Gasteiger partial charge in [0.2, 0.25) is 0 Å². The third-order valence-corrected chi connectivity index (χ3v) is 3.19. The molecule has 0 saturated carbocycles. The van der Waals surface area contributed by atoms with Gasteiger partial charge in [-0.15, -0.1) is 11.8 Å². The Morgan fingerprint density at radius 2 is 2.11 bits per heavy atom. The van der Waals surface area contributed by atoms with Crippen molar-refractivity contribution in [3.05, 3.63) is 42.4 Å². The van der Waals surface area contributed by atoms with Crippen LogP contribution >= 0.6 is 11.8 Å². The molecule has 1 N–H and O–H groups in total. The summed E-state index contributed by atoms with van der Waals surface area (Å²) in [5.41, 5.74) is 1.10. The molecule has 0 aliphatic carbocycles. The third-order valence-electron chi connectivity index (χ3n) is 2.40. The number of benzene rings is 1. The first-order valence-corrected chi connectivity index (χ1v) is 6.77. The van der Waals surface area contributed by atoms with Crippen LogP contribution in [-0.4, -0.2) is 29.3 Å². The number of carbonyl (C=O) groups excluding carboxylic acids is 1. The fourth-order valence-electron chi connectivity index (χ4n) is 1.52. The summed E-state index contributed by atoms with van der Waals surface area (Å²) in [7, 11) is 1.31. The summed E-state index contributed by atoms with van der Waals surface area (Å²) in [5, 5.41) is 3.14. The van der Waals surface area contributed by atoms with Crippen molar-refractivity contribution in [2.45, 2.75) is 4.90 Å². The van der Waals surface area contributed by atoms with Gasteiger partial charge in [0.15, 0.2) is 5.69 Å². The first-order chi connectivity index (χ1) is 9.24. The highest BCUT2D eigenvalue weighted by atomic mass is 32.2. The number of methoxy groups -OCH3 is 1. The standard InChI is InChI=1S/C13H13N3O2S/c1-18-13(17)10-7-14-8-12(16-10)15-9-5-3-4-6-11(9)19-2/h3-8H,1-2H3,(H,15,16). The minimum absolute atomic E-state index is 0.175. The number of hydrogen-bond acceptors (Lipinski definition) is 6. The summed E-state index contributed by atoms with van der Waals surface area (Å²) in [6.45, 7) is 0. The molecule has 6 heteroatoms. The van der Waals surface area contributed by atoms with Gasteiger partial charge in [-0.2, -0.15) is 0 Å². The zero-order valence-electron chi connectivity index (χ0n) is 10.6. The van der Waals surface area contributed by atoms with Crippen molar-refractivity contribution in [3.8, 4) is 0 Å². The summed E-state index contributed by atoms with van der Waals surface area (Å²) < 4.78 is 4.61. The monoisotopic (exact) mass is 275 g/mol. The smallest absolute Gasteiger partial charge is 0.358 e. The van der Waals surface area contributed by atoms with Crippen molar-refractivity contribution < 1.29 is 9.53 Å². The second-order valence-electron chi connectivity index (χ2n) is 3.61. The molecule has 0 radical (unpaired) electrons. The van der Waals surface area contributed by atoms with Gasteiger partial charge in [0.05, 0.1) is 25.2 Å². The number of nitrogens with one attached hydrogen (secondary N) is 1. The average Bonchev–Trinajstić information content (AvgIpc) is 2.47. The molecule has 1 aromatic carbocycles. The van der Waals surface area contributed by atoms with Crippen LogP contribution in [0.3, 0.4) is 0 Å². The molecular weight excluding hydrogens is 262 g/mol. The topological polar surface area (TPSA) is 64.1 Å². The number of thioether (sulfide) groups is 1. The maximum absolute atomic E-state index is 11.4. The number of nitrogens with zero attached hydrogens (tertiary/aromatic N) is 2. The fourth-order valence-corrected chi connectivity index (χ4v) is 2.07. The normalized spacial score (nSPS) is 10.0. The van der Waals surface area contributed by atoms with E-state index in [9.17, 15) is 4.79 Å². The quantitative estimate of drug-likeness (QED) is 0.683. The predicted octanol–water partition coefficient (Wildman–Crippen LogP) is 2.73. The van der Waals surface area contributed by atoms with E-state index in [1.165, 1.54) is 13.3 Å². The van der Waals surface area contributed by atoms with Crippen LogP contribution in [0.25, 0.3) is 0 Å². The van der Waals surface area contributed by atoms with Crippen LogP contribution in [0.5, 0.6) is 0 Å². The molecule has 5 nitrogen and oxygen atoms in total. The van der Waals surface area contributed by atoms with Crippen molar-refractivity contribution in [1.82, 2.24) is 9.97 Å². The van der Waals surface area contributed by atoms with Gasteiger partial charge in [0.1, 0.15) is 5.82 Å². The Balaban J connectivity index is 2.26. The number of carbonyl (C=O) groups is 1. The number of para-hydroxylation sites is 1. The second kappa shape index (κ2) is 6.19. The lowest BCUT2D eigenvalue weighted by Gasteiger charge is -2.09. The molecule has 98 valence electrons. The number of esters is 1.